The Labute approximate surface area is 157 Å². The van der Waals surface area contributed by atoms with Crippen LogP contribution in [-0.4, -0.2) is 41.5 Å². The van der Waals surface area contributed by atoms with Gasteiger partial charge in [-0.25, -0.2) is 9.97 Å². The maximum absolute atomic E-state index is 4.48. The van der Waals surface area contributed by atoms with Crippen molar-refractivity contribution in [2.75, 3.05) is 36.9 Å². The molecule has 1 aromatic carbocycles. The normalized spacial score (nSPS) is 17.5. The number of hydrogen-bond donors (Lipinski definition) is 1. The second-order valence-electron chi connectivity index (χ2n) is 7.46. The highest BCUT2D eigenvalue weighted by molar-refractivity contribution is 5.49. The summed E-state index contributed by atoms with van der Waals surface area (Å²) in [5.74, 6) is 2.66. The largest absolute Gasteiger partial charge is 0.366 e. The van der Waals surface area contributed by atoms with Gasteiger partial charge in [0.05, 0.1) is 0 Å². The van der Waals surface area contributed by atoms with Gasteiger partial charge in [0.1, 0.15) is 18.0 Å². The molecule has 0 aliphatic carbocycles. The van der Waals surface area contributed by atoms with Crippen molar-refractivity contribution in [3.63, 3.8) is 0 Å². The molecule has 1 aliphatic rings. The lowest BCUT2D eigenvalue weighted by molar-refractivity contribution is 0.345. The van der Waals surface area contributed by atoms with Crippen LogP contribution in [0.15, 0.2) is 36.7 Å². The summed E-state index contributed by atoms with van der Waals surface area (Å²) in [5.41, 5.74) is 2.62. The van der Waals surface area contributed by atoms with Gasteiger partial charge in [0.15, 0.2) is 0 Å². The molecule has 0 spiro atoms. The molecule has 1 N–H and O–H groups in total. The van der Waals surface area contributed by atoms with E-state index in [2.05, 4.69) is 76.3 Å². The van der Waals surface area contributed by atoms with Gasteiger partial charge in [0.2, 0.25) is 0 Å². The summed E-state index contributed by atoms with van der Waals surface area (Å²) in [6, 6.07) is 10.8. The molecule has 1 unspecified atom stereocenters. The Morgan fingerprint density at radius 1 is 1.23 bits per heavy atom. The third-order valence-corrected chi connectivity index (χ3v) is 5.09. The number of piperidine rings is 1. The fourth-order valence-corrected chi connectivity index (χ4v) is 3.47. The van der Waals surface area contributed by atoms with Crippen LogP contribution < -0.4 is 10.2 Å². The molecule has 26 heavy (non-hydrogen) atoms. The molecule has 1 atom stereocenters. The van der Waals surface area contributed by atoms with E-state index in [-0.39, 0.29) is 0 Å². The van der Waals surface area contributed by atoms with Gasteiger partial charge in [-0.05, 0) is 43.5 Å². The molecule has 1 saturated heterocycles. The van der Waals surface area contributed by atoms with Crippen LogP contribution in [0.1, 0.15) is 37.8 Å². The Morgan fingerprint density at radius 3 is 2.88 bits per heavy atom. The van der Waals surface area contributed by atoms with Gasteiger partial charge in [0, 0.05) is 32.2 Å². The number of rotatable bonds is 7. The number of nitrogens with zero attached hydrogens (tertiary/aromatic N) is 4. The summed E-state index contributed by atoms with van der Waals surface area (Å²) < 4.78 is 0. The van der Waals surface area contributed by atoms with Gasteiger partial charge >= 0.3 is 0 Å². The molecule has 1 aliphatic heterocycles. The van der Waals surface area contributed by atoms with E-state index in [1.54, 1.807) is 6.33 Å². The van der Waals surface area contributed by atoms with E-state index in [0.29, 0.717) is 0 Å². The van der Waals surface area contributed by atoms with Crippen molar-refractivity contribution >= 4 is 11.6 Å². The summed E-state index contributed by atoms with van der Waals surface area (Å²) in [6.07, 6.45) is 4.23. The van der Waals surface area contributed by atoms with Crippen LogP contribution in [-0.2, 0) is 13.1 Å². The lowest BCUT2D eigenvalue weighted by Crippen LogP contribution is -2.34. The van der Waals surface area contributed by atoms with Crippen LogP contribution in [0.4, 0.5) is 11.6 Å². The molecule has 0 amide bonds. The molecular weight excluding hydrogens is 322 g/mol. The molecule has 0 saturated carbocycles. The lowest BCUT2D eigenvalue weighted by Gasteiger charge is -2.31. The average molecular weight is 354 g/mol. The molecule has 1 aromatic heterocycles. The Morgan fingerprint density at radius 2 is 2.08 bits per heavy atom. The number of benzene rings is 1. The minimum Gasteiger partial charge on any atom is -0.366 e. The smallest absolute Gasteiger partial charge is 0.134 e. The fraction of sp³-hybridized carbons (Fsp3) is 0.524. The van der Waals surface area contributed by atoms with Crippen LogP contribution in [0.25, 0.3) is 0 Å². The number of aromatic nitrogens is 2. The molecule has 5 nitrogen and oxygen atoms in total. The monoisotopic (exact) mass is 353 g/mol. The molecule has 3 rings (SSSR count). The predicted octanol–water partition coefficient (Wildman–Crippen LogP) is 3.78. The molecule has 2 aromatic rings. The van der Waals surface area contributed by atoms with Crippen molar-refractivity contribution in [2.24, 2.45) is 5.92 Å². The maximum Gasteiger partial charge on any atom is 0.134 e. The van der Waals surface area contributed by atoms with Crippen LogP contribution in [0.5, 0.6) is 0 Å². The average Bonchev–Trinajstić information content (AvgIpc) is 2.67. The molecule has 5 heteroatoms. The van der Waals surface area contributed by atoms with Crippen LogP contribution in [0, 0.1) is 5.92 Å². The van der Waals surface area contributed by atoms with Crippen molar-refractivity contribution in [3.8, 4) is 0 Å². The van der Waals surface area contributed by atoms with E-state index in [9.17, 15) is 0 Å². The summed E-state index contributed by atoms with van der Waals surface area (Å²) in [4.78, 5) is 13.6. The van der Waals surface area contributed by atoms with Crippen molar-refractivity contribution in [2.45, 2.75) is 39.8 Å². The Balaban J connectivity index is 1.61. The standard InChI is InChI=1S/C21H31N5/c1-4-25(3)15-19-9-5-8-18(11-19)13-22-20-12-21(24-16-23-20)26-10-6-7-17(2)14-26/h5,8-9,11-12,16-17H,4,6-7,10,13-15H2,1-3H3,(H,22,23,24). The summed E-state index contributed by atoms with van der Waals surface area (Å²) >= 11 is 0. The second kappa shape index (κ2) is 8.99. The minimum atomic E-state index is 0.735. The highest BCUT2D eigenvalue weighted by Gasteiger charge is 2.17. The van der Waals surface area contributed by atoms with Crippen LogP contribution in [0.2, 0.25) is 0 Å². The number of hydrogen-bond acceptors (Lipinski definition) is 5. The van der Waals surface area contributed by atoms with E-state index < -0.39 is 0 Å². The molecular formula is C21H31N5. The van der Waals surface area contributed by atoms with E-state index >= 15 is 0 Å². The first-order chi connectivity index (χ1) is 12.6. The van der Waals surface area contributed by atoms with Gasteiger partial charge in [-0.15, -0.1) is 0 Å². The summed E-state index contributed by atoms with van der Waals surface area (Å²) in [5, 5.41) is 3.45. The van der Waals surface area contributed by atoms with Crippen molar-refractivity contribution in [3.05, 3.63) is 47.8 Å². The molecule has 0 radical (unpaired) electrons. The van der Waals surface area contributed by atoms with Gasteiger partial charge in [-0.3, -0.25) is 0 Å². The molecule has 0 bridgehead atoms. The number of anilines is 2. The Hall–Kier alpha value is -2.14. The third-order valence-electron chi connectivity index (χ3n) is 5.09. The van der Waals surface area contributed by atoms with Crippen molar-refractivity contribution < 1.29 is 0 Å². The van der Waals surface area contributed by atoms with Gasteiger partial charge in [-0.1, -0.05) is 38.1 Å². The second-order valence-corrected chi connectivity index (χ2v) is 7.46. The first-order valence-corrected chi connectivity index (χ1v) is 9.71. The lowest BCUT2D eigenvalue weighted by atomic mass is 10.0. The first-order valence-electron chi connectivity index (χ1n) is 9.71. The highest BCUT2D eigenvalue weighted by atomic mass is 15.2. The number of nitrogens with one attached hydrogen (secondary N) is 1. The minimum absolute atomic E-state index is 0.735. The van der Waals surface area contributed by atoms with Gasteiger partial charge in [-0.2, -0.15) is 0 Å². The van der Waals surface area contributed by atoms with E-state index in [1.165, 1.54) is 24.0 Å². The zero-order chi connectivity index (χ0) is 18.4. The first kappa shape index (κ1) is 18.6. The Kier molecular flexibility index (Phi) is 6.45. The van der Waals surface area contributed by atoms with Crippen molar-refractivity contribution in [1.82, 2.24) is 14.9 Å². The quantitative estimate of drug-likeness (QED) is 0.821. The zero-order valence-electron chi connectivity index (χ0n) is 16.3. The molecule has 1 fully saturated rings. The third kappa shape index (κ3) is 5.18. The van der Waals surface area contributed by atoms with E-state index in [0.717, 1.165) is 50.3 Å². The Bertz CT molecular complexity index is 702. The van der Waals surface area contributed by atoms with E-state index in [1.807, 2.05) is 0 Å². The predicted molar refractivity (Wildman–Crippen MR) is 108 cm³/mol. The van der Waals surface area contributed by atoms with Crippen molar-refractivity contribution in [1.29, 1.82) is 0 Å². The summed E-state index contributed by atoms with van der Waals surface area (Å²) in [7, 11) is 2.15. The maximum atomic E-state index is 4.48. The highest BCUT2D eigenvalue weighted by Crippen LogP contribution is 2.22. The fourth-order valence-electron chi connectivity index (χ4n) is 3.47. The summed E-state index contributed by atoms with van der Waals surface area (Å²) in [6.45, 7) is 9.49. The zero-order valence-corrected chi connectivity index (χ0v) is 16.3. The molecule has 2 heterocycles. The van der Waals surface area contributed by atoms with Gasteiger partial charge < -0.3 is 15.1 Å². The topological polar surface area (TPSA) is 44.3 Å². The van der Waals surface area contributed by atoms with Crippen LogP contribution in [0.3, 0.4) is 0 Å². The SMILES string of the molecule is CCN(C)Cc1cccc(CNc2cc(N3CCCC(C)C3)ncn2)c1. The molecule has 140 valence electrons. The van der Waals surface area contributed by atoms with Gasteiger partial charge in [0.25, 0.3) is 0 Å². The van der Waals surface area contributed by atoms with E-state index in [4.69, 9.17) is 0 Å². The van der Waals surface area contributed by atoms with Crippen LogP contribution >= 0.6 is 0 Å².